The summed E-state index contributed by atoms with van der Waals surface area (Å²) < 4.78 is 5.22. The number of aromatic nitrogens is 2. The molecule has 1 heterocycles. The van der Waals surface area contributed by atoms with Crippen molar-refractivity contribution in [3.63, 3.8) is 0 Å². The third kappa shape index (κ3) is 3.99. The zero-order valence-electron chi connectivity index (χ0n) is 11.1. The fraction of sp³-hybridized carbons (Fsp3) is 0.846. The Morgan fingerprint density at radius 1 is 1.39 bits per heavy atom. The maximum Gasteiger partial charge on any atom is 0.243 e. The molecule has 1 aromatic heterocycles. The molecule has 1 aliphatic carbocycles. The Morgan fingerprint density at radius 3 is 2.89 bits per heavy atom. The summed E-state index contributed by atoms with van der Waals surface area (Å²) in [5.41, 5.74) is 5.95. The molecular formula is C13H23N3OS. The SMILES string of the molecule is CCC[C@H](N)c1nc(CSC2CCCCC2)no1. The van der Waals surface area contributed by atoms with Gasteiger partial charge in [0.25, 0.3) is 0 Å². The van der Waals surface area contributed by atoms with E-state index in [1.807, 2.05) is 11.8 Å². The summed E-state index contributed by atoms with van der Waals surface area (Å²) in [5, 5.41) is 4.80. The highest BCUT2D eigenvalue weighted by molar-refractivity contribution is 7.99. The van der Waals surface area contributed by atoms with Gasteiger partial charge in [0.05, 0.1) is 11.8 Å². The molecular weight excluding hydrogens is 246 g/mol. The van der Waals surface area contributed by atoms with Crippen LogP contribution in [0.2, 0.25) is 0 Å². The van der Waals surface area contributed by atoms with Crippen molar-refractivity contribution < 1.29 is 4.52 Å². The standard InChI is InChI=1S/C13H23N3OS/c1-2-6-11(14)13-15-12(16-17-13)9-18-10-7-4-3-5-8-10/h10-11H,2-9,14H2,1H3/t11-/m0/s1. The van der Waals surface area contributed by atoms with Gasteiger partial charge in [-0.2, -0.15) is 16.7 Å². The summed E-state index contributed by atoms with van der Waals surface area (Å²) in [5.74, 6) is 2.25. The van der Waals surface area contributed by atoms with Gasteiger partial charge in [0.15, 0.2) is 5.82 Å². The van der Waals surface area contributed by atoms with E-state index in [9.17, 15) is 0 Å². The molecule has 1 aromatic rings. The minimum atomic E-state index is -0.101. The van der Waals surface area contributed by atoms with Crippen LogP contribution in [0.4, 0.5) is 0 Å². The second-order valence-electron chi connectivity index (χ2n) is 5.02. The van der Waals surface area contributed by atoms with Gasteiger partial charge < -0.3 is 10.3 Å². The van der Waals surface area contributed by atoms with Gasteiger partial charge in [-0.15, -0.1) is 0 Å². The lowest BCUT2D eigenvalue weighted by molar-refractivity contribution is 0.345. The normalized spacial score (nSPS) is 19.0. The fourth-order valence-corrected chi connectivity index (χ4v) is 3.50. The van der Waals surface area contributed by atoms with Gasteiger partial charge in [-0.05, 0) is 19.3 Å². The number of hydrogen-bond acceptors (Lipinski definition) is 5. The second-order valence-corrected chi connectivity index (χ2v) is 6.30. The van der Waals surface area contributed by atoms with Crippen LogP contribution in [0, 0.1) is 0 Å². The van der Waals surface area contributed by atoms with Crippen molar-refractivity contribution in [2.45, 2.75) is 68.9 Å². The van der Waals surface area contributed by atoms with Gasteiger partial charge in [-0.3, -0.25) is 0 Å². The van der Waals surface area contributed by atoms with Crippen LogP contribution in [0.25, 0.3) is 0 Å². The van der Waals surface area contributed by atoms with E-state index in [0.717, 1.165) is 29.7 Å². The molecule has 1 saturated carbocycles. The van der Waals surface area contributed by atoms with Gasteiger partial charge in [0.2, 0.25) is 5.89 Å². The van der Waals surface area contributed by atoms with Crippen LogP contribution in [0.15, 0.2) is 4.52 Å². The van der Waals surface area contributed by atoms with E-state index < -0.39 is 0 Å². The lowest BCUT2D eigenvalue weighted by Crippen LogP contribution is -2.10. The van der Waals surface area contributed by atoms with Crippen molar-refractivity contribution in [2.75, 3.05) is 0 Å². The monoisotopic (exact) mass is 269 g/mol. The maximum atomic E-state index is 5.95. The summed E-state index contributed by atoms with van der Waals surface area (Å²) in [7, 11) is 0. The van der Waals surface area contributed by atoms with Crippen LogP contribution in [-0.2, 0) is 5.75 Å². The molecule has 0 unspecified atom stereocenters. The molecule has 2 N–H and O–H groups in total. The number of hydrogen-bond donors (Lipinski definition) is 1. The Hall–Kier alpha value is -0.550. The smallest absolute Gasteiger partial charge is 0.243 e. The first-order chi connectivity index (χ1) is 8.79. The van der Waals surface area contributed by atoms with E-state index in [1.165, 1.54) is 32.1 Å². The molecule has 102 valence electrons. The molecule has 1 aliphatic rings. The van der Waals surface area contributed by atoms with Crippen LogP contribution in [0.5, 0.6) is 0 Å². The first kappa shape index (κ1) is 13.9. The first-order valence-corrected chi connectivity index (χ1v) is 8.04. The van der Waals surface area contributed by atoms with Gasteiger partial charge in [-0.25, -0.2) is 0 Å². The van der Waals surface area contributed by atoms with Gasteiger partial charge in [0, 0.05) is 5.25 Å². The molecule has 1 fully saturated rings. The van der Waals surface area contributed by atoms with Crippen molar-refractivity contribution in [1.29, 1.82) is 0 Å². The fourth-order valence-electron chi connectivity index (χ4n) is 2.34. The van der Waals surface area contributed by atoms with E-state index in [0.29, 0.717) is 5.89 Å². The molecule has 0 spiro atoms. The van der Waals surface area contributed by atoms with Crippen molar-refractivity contribution >= 4 is 11.8 Å². The molecule has 0 radical (unpaired) electrons. The van der Waals surface area contributed by atoms with E-state index >= 15 is 0 Å². The molecule has 1 atom stereocenters. The second kappa shape index (κ2) is 7.14. The Kier molecular flexibility index (Phi) is 5.50. The summed E-state index contributed by atoms with van der Waals surface area (Å²) in [6.45, 7) is 2.11. The van der Waals surface area contributed by atoms with Crippen molar-refractivity contribution in [3.05, 3.63) is 11.7 Å². The van der Waals surface area contributed by atoms with E-state index in [4.69, 9.17) is 10.3 Å². The Bertz CT molecular complexity index is 350. The zero-order valence-corrected chi connectivity index (χ0v) is 11.9. The Balaban J connectivity index is 1.79. The van der Waals surface area contributed by atoms with Gasteiger partial charge >= 0.3 is 0 Å². The Labute approximate surface area is 113 Å². The Morgan fingerprint density at radius 2 is 2.17 bits per heavy atom. The molecule has 0 aliphatic heterocycles. The minimum absolute atomic E-state index is 0.101. The molecule has 0 bridgehead atoms. The molecule has 4 nitrogen and oxygen atoms in total. The molecule has 0 aromatic carbocycles. The highest BCUT2D eigenvalue weighted by atomic mass is 32.2. The predicted octanol–water partition coefficient (Wildman–Crippen LogP) is 3.44. The van der Waals surface area contributed by atoms with E-state index in [1.54, 1.807) is 0 Å². The third-order valence-electron chi connectivity index (χ3n) is 3.40. The lowest BCUT2D eigenvalue weighted by Gasteiger charge is -2.19. The predicted molar refractivity (Wildman–Crippen MR) is 74.3 cm³/mol. The topological polar surface area (TPSA) is 64.9 Å². The number of rotatable bonds is 6. The molecule has 0 saturated heterocycles. The van der Waals surface area contributed by atoms with Crippen molar-refractivity contribution in [3.8, 4) is 0 Å². The molecule has 0 amide bonds. The van der Waals surface area contributed by atoms with E-state index in [-0.39, 0.29) is 6.04 Å². The highest BCUT2D eigenvalue weighted by Crippen LogP contribution is 2.30. The number of nitrogens with two attached hydrogens (primary N) is 1. The number of thioether (sulfide) groups is 1. The van der Waals surface area contributed by atoms with Gasteiger partial charge in [-0.1, -0.05) is 37.8 Å². The quantitative estimate of drug-likeness (QED) is 0.857. The van der Waals surface area contributed by atoms with Gasteiger partial charge in [0.1, 0.15) is 0 Å². The lowest BCUT2D eigenvalue weighted by atomic mass is 10.0. The minimum Gasteiger partial charge on any atom is -0.338 e. The molecule has 18 heavy (non-hydrogen) atoms. The van der Waals surface area contributed by atoms with Crippen molar-refractivity contribution in [1.82, 2.24) is 10.1 Å². The first-order valence-electron chi connectivity index (χ1n) is 6.99. The molecule has 2 rings (SSSR count). The van der Waals surface area contributed by atoms with Crippen LogP contribution in [0.1, 0.15) is 69.6 Å². The highest BCUT2D eigenvalue weighted by Gasteiger charge is 2.17. The summed E-state index contributed by atoms with van der Waals surface area (Å²) in [6, 6.07) is -0.101. The van der Waals surface area contributed by atoms with Crippen LogP contribution < -0.4 is 5.73 Å². The maximum absolute atomic E-state index is 5.95. The average Bonchev–Trinajstić information content (AvgIpc) is 2.87. The largest absolute Gasteiger partial charge is 0.338 e. The molecule has 5 heteroatoms. The summed E-state index contributed by atoms with van der Waals surface area (Å²) in [6.07, 6.45) is 8.75. The van der Waals surface area contributed by atoms with Crippen LogP contribution in [-0.4, -0.2) is 15.4 Å². The average molecular weight is 269 g/mol. The van der Waals surface area contributed by atoms with Crippen LogP contribution in [0.3, 0.4) is 0 Å². The van der Waals surface area contributed by atoms with E-state index in [2.05, 4.69) is 17.1 Å². The van der Waals surface area contributed by atoms with Crippen LogP contribution >= 0.6 is 11.8 Å². The summed E-state index contributed by atoms with van der Waals surface area (Å²) in [4.78, 5) is 4.39. The number of nitrogens with zero attached hydrogens (tertiary/aromatic N) is 2. The van der Waals surface area contributed by atoms with Crippen molar-refractivity contribution in [2.24, 2.45) is 5.73 Å². The third-order valence-corrected chi connectivity index (χ3v) is 4.77. The zero-order chi connectivity index (χ0) is 12.8. The summed E-state index contributed by atoms with van der Waals surface area (Å²) >= 11 is 1.96.